The number of hydrogen-bond acceptors (Lipinski definition) is 6. The molecular formula is C22H23F2N5O3. The quantitative estimate of drug-likeness (QED) is 0.589. The zero-order chi connectivity index (χ0) is 22.5. The molecule has 2 aliphatic rings. The van der Waals surface area contributed by atoms with Gasteiger partial charge >= 0.3 is 0 Å². The van der Waals surface area contributed by atoms with E-state index in [0.29, 0.717) is 48.9 Å². The third-order valence-electron chi connectivity index (χ3n) is 6.27. The monoisotopic (exact) mass is 443 g/mol. The van der Waals surface area contributed by atoms with E-state index in [1.807, 2.05) is 4.90 Å². The molecule has 1 aliphatic carbocycles. The van der Waals surface area contributed by atoms with Gasteiger partial charge in [-0.2, -0.15) is 5.10 Å². The number of morpholine rings is 1. The van der Waals surface area contributed by atoms with E-state index in [0.717, 1.165) is 0 Å². The Kier molecular flexibility index (Phi) is 4.77. The third-order valence-corrected chi connectivity index (χ3v) is 6.27. The lowest BCUT2D eigenvalue weighted by molar-refractivity contribution is 0.0699. The number of halogens is 2. The van der Waals surface area contributed by atoms with Crippen molar-refractivity contribution in [1.82, 2.24) is 14.6 Å². The van der Waals surface area contributed by atoms with E-state index in [2.05, 4.69) is 15.4 Å². The van der Waals surface area contributed by atoms with Crippen molar-refractivity contribution in [3.63, 3.8) is 0 Å². The van der Waals surface area contributed by atoms with E-state index < -0.39 is 17.2 Å². The van der Waals surface area contributed by atoms with Crippen LogP contribution < -0.4 is 10.2 Å². The summed E-state index contributed by atoms with van der Waals surface area (Å²) in [5.41, 5.74) is 0.914. The van der Waals surface area contributed by atoms with E-state index in [1.165, 1.54) is 23.7 Å². The van der Waals surface area contributed by atoms with E-state index in [9.17, 15) is 18.7 Å². The standard InChI is InChI=1S/C22H23F2N5O3/c1-21(13-22(21,23)24)11-14-9-16(17(10-18(14)30)28-5-7-32-8-6-28)27-20(31)15-12-26-29-4-2-3-25-19(15)29/h2-4,9-10,12,30H,5-8,11,13H2,1H3,(H,27,31)/t21-/m0/s1. The van der Waals surface area contributed by atoms with Gasteiger partial charge in [0.1, 0.15) is 11.3 Å². The largest absolute Gasteiger partial charge is 0.508 e. The lowest BCUT2D eigenvalue weighted by Gasteiger charge is -2.31. The molecule has 3 heterocycles. The predicted octanol–water partition coefficient (Wildman–Crippen LogP) is 3.11. The van der Waals surface area contributed by atoms with Gasteiger partial charge in [-0.1, -0.05) is 6.92 Å². The molecule has 0 unspecified atom stereocenters. The Hall–Kier alpha value is -3.27. The minimum Gasteiger partial charge on any atom is -0.508 e. The van der Waals surface area contributed by atoms with Gasteiger partial charge < -0.3 is 20.1 Å². The van der Waals surface area contributed by atoms with E-state index in [-0.39, 0.29) is 24.2 Å². The smallest absolute Gasteiger partial charge is 0.261 e. The molecule has 2 fully saturated rings. The number of nitrogens with one attached hydrogen (secondary N) is 1. The summed E-state index contributed by atoms with van der Waals surface area (Å²) >= 11 is 0. The van der Waals surface area contributed by atoms with Gasteiger partial charge in [-0.3, -0.25) is 4.79 Å². The number of alkyl halides is 2. The van der Waals surface area contributed by atoms with Gasteiger partial charge in [-0.15, -0.1) is 0 Å². The molecule has 2 aromatic heterocycles. The normalized spacial score (nSPS) is 22.2. The van der Waals surface area contributed by atoms with Crippen LogP contribution in [0.25, 0.3) is 5.65 Å². The molecule has 168 valence electrons. The number of aromatic nitrogens is 3. The lowest BCUT2D eigenvalue weighted by Crippen LogP contribution is -2.36. The molecule has 5 rings (SSSR count). The second kappa shape index (κ2) is 7.40. The van der Waals surface area contributed by atoms with Crippen molar-refractivity contribution in [2.45, 2.75) is 25.7 Å². The Morgan fingerprint density at radius 2 is 2.06 bits per heavy atom. The number of nitrogens with zero attached hydrogens (tertiary/aromatic N) is 4. The number of rotatable bonds is 5. The summed E-state index contributed by atoms with van der Waals surface area (Å²) in [6, 6.07) is 4.84. The van der Waals surface area contributed by atoms with Crippen LogP contribution in [-0.4, -0.2) is 57.8 Å². The fourth-order valence-corrected chi connectivity index (χ4v) is 4.16. The number of anilines is 2. The summed E-state index contributed by atoms with van der Waals surface area (Å²) in [5, 5.41) is 17.7. The number of benzene rings is 1. The number of fused-ring (bicyclic) bond motifs is 1. The van der Waals surface area contributed by atoms with Crippen LogP contribution in [0.1, 0.15) is 29.3 Å². The summed E-state index contributed by atoms with van der Waals surface area (Å²) in [5.74, 6) is -3.24. The Labute approximate surface area is 182 Å². The number of carbonyl (C=O) groups excluding carboxylic acids is 1. The van der Waals surface area contributed by atoms with Gasteiger partial charge in [0.2, 0.25) is 0 Å². The number of phenolic OH excluding ortho intramolecular Hbond substituents is 1. The van der Waals surface area contributed by atoms with Crippen LogP contribution in [0, 0.1) is 5.41 Å². The molecule has 1 saturated heterocycles. The highest BCUT2D eigenvalue weighted by molar-refractivity contribution is 6.09. The number of carbonyl (C=O) groups is 1. The fourth-order valence-electron chi connectivity index (χ4n) is 4.16. The molecule has 1 aromatic carbocycles. The van der Waals surface area contributed by atoms with Crippen LogP contribution in [0.3, 0.4) is 0 Å². The van der Waals surface area contributed by atoms with E-state index >= 15 is 0 Å². The van der Waals surface area contributed by atoms with Gasteiger partial charge in [0.25, 0.3) is 11.8 Å². The molecule has 8 nitrogen and oxygen atoms in total. The minimum absolute atomic E-state index is 0.0103. The fraction of sp³-hybridized carbons (Fsp3) is 0.409. The molecule has 1 saturated carbocycles. The number of phenols is 1. The molecule has 0 bridgehead atoms. The molecule has 1 amide bonds. The maximum absolute atomic E-state index is 13.8. The van der Waals surface area contributed by atoms with Crippen LogP contribution in [0.15, 0.2) is 36.8 Å². The topological polar surface area (TPSA) is 92.0 Å². The second-order valence-electron chi connectivity index (χ2n) is 8.62. The van der Waals surface area contributed by atoms with Crippen molar-refractivity contribution in [1.29, 1.82) is 0 Å². The summed E-state index contributed by atoms with van der Waals surface area (Å²) < 4.78 is 34.5. The highest BCUT2D eigenvalue weighted by Crippen LogP contribution is 2.62. The minimum atomic E-state index is -2.76. The summed E-state index contributed by atoms with van der Waals surface area (Å²) in [7, 11) is 0. The first-order valence-corrected chi connectivity index (χ1v) is 10.4. The second-order valence-corrected chi connectivity index (χ2v) is 8.62. The van der Waals surface area contributed by atoms with Crippen molar-refractivity contribution in [2.75, 3.05) is 36.5 Å². The number of hydrogen-bond donors (Lipinski definition) is 2. The molecule has 32 heavy (non-hydrogen) atoms. The molecule has 1 atom stereocenters. The molecular weight excluding hydrogens is 420 g/mol. The maximum Gasteiger partial charge on any atom is 0.261 e. The highest BCUT2D eigenvalue weighted by atomic mass is 19.3. The molecule has 2 N–H and O–H groups in total. The highest BCUT2D eigenvalue weighted by Gasteiger charge is 2.67. The number of amides is 1. The summed E-state index contributed by atoms with van der Waals surface area (Å²) in [4.78, 5) is 19.3. The van der Waals surface area contributed by atoms with Gasteiger partial charge in [-0.25, -0.2) is 18.3 Å². The Morgan fingerprint density at radius 1 is 1.31 bits per heavy atom. The average molecular weight is 443 g/mol. The first-order valence-electron chi connectivity index (χ1n) is 10.4. The van der Waals surface area contributed by atoms with E-state index in [1.54, 1.807) is 24.5 Å². The number of ether oxygens (including phenoxy) is 1. The first-order chi connectivity index (χ1) is 15.3. The Morgan fingerprint density at radius 3 is 2.78 bits per heavy atom. The maximum atomic E-state index is 13.8. The number of aromatic hydroxyl groups is 1. The van der Waals surface area contributed by atoms with Gasteiger partial charge in [-0.05, 0) is 24.1 Å². The van der Waals surface area contributed by atoms with Crippen molar-refractivity contribution >= 4 is 22.9 Å². The summed E-state index contributed by atoms with van der Waals surface area (Å²) in [6.45, 7) is 3.69. The van der Waals surface area contributed by atoms with Gasteiger partial charge in [0.05, 0.1) is 30.8 Å². The van der Waals surface area contributed by atoms with Gasteiger partial charge in [0, 0.05) is 43.4 Å². The average Bonchev–Trinajstić information content (AvgIpc) is 3.09. The Bertz CT molecular complexity index is 1190. The Balaban J connectivity index is 1.50. The van der Waals surface area contributed by atoms with Crippen LogP contribution in [0.4, 0.5) is 20.2 Å². The molecule has 3 aromatic rings. The molecule has 10 heteroatoms. The molecule has 1 aliphatic heterocycles. The zero-order valence-electron chi connectivity index (χ0n) is 17.5. The zero-order valence-corrected chi connectivity index (χ0v) is 17.5. The van der Waals surface area contributed by atoms with Crippen LogP contribution in [-0.2, 0) is 11.2 Å². The predicted molar refractivity (Wildman–Crippen MR) is 113 cm³/mol. The molecule has 0 radical (unpaired) electrons. The van der Waals surface area contributed by atoms with Crippen LogP contribution in [0.2, 0.25) is 0 Å². The summed E-state index contributed by atoms with van der Waals surface area (Å²) in [6.07, 6.45) is 4.48. The van der Waals surface area contributed by atoms with Crippen molar-refractivity contribution in [3.05, 3.63) is 47.9 Å². The van der Waals surface area contributed by atoms with Crippen LogP contribution in [0.5, 0.6) is 5.75 Å². The SMILES string of the molecule is C[C@]1(Cc2cc(NC(=O)c3cnn4cccnc34)c(N3CCOCC3)cc2O)CC1(F)F. The molecule has 0 spiro atoms. The van der Waals surface area contributed by atoms with Gasteiger partial charge in [0.15, 0.2) is 5.65 Å². The third kappa shape index (κ3) is 3.54. The lowest BCUT2D eigenvalue weighted by atomic mass is 9.96. The van der Waals surface area contributed by atoms with Crippen molar-refractivity contribution in [3.8, 4) is 5.75 Å². The van der Waals surface area contributed by atoms with Crippen LogP contribution >= 0.6 is 0 Å². The van der Waals surface area contributed by atoms with Crippen molar-refractivity contribution in [2.24, 2.45) is 5.41 Å². The first kappa shape index (κ1) is 20.6. The van der Waals surface area contributed by atoms with E-state index in [4.69, 9.17) is 4.74 Å². The van der Waals surface area contributed by atoms with Crippen molar-refractivity contribution < 1.29 is 23.4 Å².